The number of carbonyl (C=O) groups is 1. The molecule has 0 spiro atoms. The Labute approximate surface area is 176 Å². The van der Waals surface area contributed by atoms with E-state index in [1.807, 2.05) is 47.0 Å². The molecule has 4 nitrogen and oxygen atoms in total. The lowest BCUT2D eigenvalue weighted by Gasteiger charge is -2.18. The third kappa shape index (κ3) is 4.91. The number of hydrogen-bond donors (Lipinski definition) is 0. The number of pyridine rings is 1. The van der Waals surface area contributed by atoms with Crippen LogP contribution in [0.15, 0.2) is 65.7 Å². The van der Waals surface area contributed by atoms with Crippen LogP contribution in [0.1, 0.15) is 25.8 Å². The van der Waals surface area contributed by atoms with E-state index >= 15 is 0 Å². The van der Waals surface area contributed by atoms with Gasteiger partial charge < -0.3 is 9.64 Å². The minimum Gasteiger partial charge on any atom is -0.486 e. The molecule has 29 heavy (non-hydrogen) atoms. The smallest absolute Gasteiger partial charge is 0.227 e. The van der Waals surface area contributed by atoms with E-state index in [1.165, 1.54) is 4.90 Å². The molecule has 1 aliphatic rings. The van der Waals surface area contributed by atoms with Gasteiger partial charge in [-0.25, -0.2) is 0 Å². The molecule has 4 rings (SSSR count). The van der Waals surface area contributed by atoms with Crippen molar-refractivity contribution in [1.29, 1.82) is 0 Å². The summed E-state index contributed by atoms with van der Waals surface area (Å²) in [5.74, 6) is 0.956. The Balaban J connectivity index is 1.35. The van der Waals surface area contributed by atoms with Crippen LogP contribution in [-0.2, 0) is 11.2 Å². The highest BCUT2D eigenvalue weighted by Crippen LogP contribution is 2.27. The Morgan fingerprint density at radius 1 is 1.17 bits per heavy atom. The van der Waals surface area contributed by atoms with Gasteiger partial charge in [-0.15, -0.1) is 11.8 Å². The molecular formula is C24H26N2O2S. The van der Waals surface area contributed by atoms with Crippen LogP contribution >= 0.6 is 11.8 Å². The van der Waals surface area contributed by atoms with Crippen molar-refractivity contribution in [2.75, 3.05) is 13.1 Å². The monoisotopic (exact) mass is 406 g/mol. The van der Waals surface area contributed by atoms with Crippen LogP contribution in [0.5, 0.6) is 5.75 Å². The molecule has 0 N–H and O–H groups in total. The zero-order chi connectivity index (χ0) is 20.2. The second kappa shape index (κ2) is 8.87. The van der Waals surface area contributed by atoms with E-state index in [2.05, 4.69) is 43.1 Å². The summed E-state index contributed by atoms with van der Waals surface area (Å²) in [6, 6.07) is 18.3. The number of fused-ring (bicyclic) bond motifs is 1. The van der Waals surface area contributed by atoms with Crippen molar-refractivity contribution in [3.8, 4) is 5.75 Å². The van der Waals surface area contributed by atoms with Crippen molar-refractivity contribution >= 4 is 28.6 Å². The number of benzene rings is 2. The van der Waals surface area contributed by atoms with E-state index in [-0.39, 0.29) is 12.0 Å². The van der Waals surface area contributed by atoms with Gasteiger partial charge in [0, 0.05) is 34.7 Å². The Hall–Kier alpha value is -2.53. The predicted molar refractivity (Wildman–Crippen MR) is 118 cm³/mol. The van der Waals surface area contributed by atoms with Crippen molar-refractivity contribution < 1.29 is 9.53 Å². The van der Waals surface area contributed by atoms with E-state index in [4.69, 9.17) is 4.74 Å². The fraction of sp³-hybridized carbons (Fsp3) is 0.333. The van der Waals surface area contributed by atoms with E-state index in [9.17, 15) is 4.79 Å². The van der Waals surface area contributed by atoms with E-state index in [0.29, 0.717) is 18.2 Å². The number of thioether (sulfide) groups is 1. The minimum absolute atomic E-state index is 0.0105. The first kappa shape index (κ1) is 19.8. The van der Waals surface area contributed by atoms with Crippen molar-refractivity contribution in [3.05, 3.63) is 66.4 Å². The molecule has 5 heteroatoms. The average molecular weight is 407 g/mol. The van der Waals surface area contributed by atoms with Crippen molar-refractivity contribution in [3.63, 3.8) is 0 Å². The minimum atomic E-state index is 0.0105. The molecular weight excluding hydrogens is 380 g/mol. The number of nitrogens with zero attached hydrogens (tertiary/aromatic N) is 2. The van der Waals surface area contributed by atoms with Crippen LogP contribution in [0.25, 0.3) is 10.9 Å². The number of carbonyl (C=O) groups excluding carboxylic acids is 1. The summed E-state index contributed by atoms with van der Waals surface area (Å²) >= 11 is 1.84. The molecule has 0 bridgehead atoms. The first-order valence-electron chi connectivity index (χ1n) is 10.1. The third-order valence-electron chi connectivity index (χ3n) is 5.04. The lowest BCUT2D eigenvalue weighted by Crippen LogP contribution is -2.32. The summed E-state index contributed by atoms with van der Waals surface area (Å²) in [6.07, 6.45) is 3.08. The topological polar surface area (TPSA) is 42.4 Å². The molecule has 2 heterocycles. The zero-order valence-corrected chi connectivity index (χ0v) is 17.7. The molecule has 1 aromatic heterocycles. The van der Waals surface area contributed by atoms with Crippen LogP contribution in [0.4, 0.5) is 0 Å². The Kier molecular flexibility index (Phi) is 6.05. The molecule has 3 aromatic rings. The largest absolute Gasteiger partial charge is 0.486 e. The van der Waals surface area contributed by atoms with Gasteiger partial charge in [0.2, 0.25) is 5.91 Å². The second-order valence-corrected chi connectivity index (χ2v) is 9.34. The number of likely N-dealkylation sites (tertiary alicyclic amines) is 1. The fourth-order valence-electron chi connectivity index (χ4n) is 3.65. The van der Waals surface area contributed by atoms with Gasteiger partial charge in [0.25, 0.3) is 0 Å². The molecule has 1 amide bonds. The predicted octanol–water partition coefficient (Wildman–Crippen LogP) is 4.96. The first-order chi connectivity index (χ1) is 14.1. The highest BCUT2D eigenvalue weighted by Gasteiger charge is 2.28. The standard InChI is InChI=1S/C24H26N2O2S/c1-17(2)29-21-10-8-18(9-11-21)15-23(27)26-14-12-20(16-26)28-22-7-3-5-19-6-4-13-25-24(19)22/h3-11,13,17,20H,12,14-16H2,1-2H3/t20-/m1/s1. The highest BCUT2D eigenvalue weighted by molar-refractivity contribution is 7.99. The number of para-hydroxylation sites is 1. The summed E-state index contributed by atoms with van der Waals surface area (Å²) in [4.78, 5) is 20.4. The van der Waals surface area contributed by atoms with Crippen LogP contribution < -0.4 is 4.74 Å². The number of rotatable bonds is 6. The molecule has 0 aliphatic carbocycles. The maximum Gasteiger partial charge on any atom is 0.227 e. The number of aromatic nitrogens is 1. The Morgan fingerprint density at radius 3 is 2.76 bits per heavy atom. The molecule has 2 aromatic carbocycles. The van der Waals surface area contributed by atoms with Crippen molar-refractivity contribution in [2.24, 2.45) is 0 Å². The van der Waals surface area contributed by atoms with E-state index in [0.717, 1.165) is 35.2 Å². The molecule has 1 atom stereocenters. The van der Waals surface area contributed by atoms with Crippen LogP contribution in [0.2, 0.25) is 0 Å². The molecule has 1 aliphatic heterocycles. The summed E-state index contributed by atoms with van der Waals surface area (Å²) in [5, 5.41) is 1.62. The van der Waals surface area contributed by atoms with Crippen molar-refractivity contribution in [2.45, 2.75) is 42.9 Å². The second-order valence-electron chi connectivity index (χ2n) is 7.69. The number of ether oxygens (including phenoxy) is 1. The maximum absolute atomic E-state index is 12.7. The highest BCUT2D eigenvalue weighted by atomic mass is 32.2. The number of hydrogen-bond acceptors (Lipinski definition) is 4. The summed E-state index contributed by atoms with van der Waals surface area (Å²) < 4.78 is 6.21. The lowest BCUT2D eigenvalue weighted by atomic mass is 10.1. The van der Waals surface area contributed by atoms with Gasteiger partial charge >= 0.3 is 0 Å². The molecule has 1 fully saturated rings. The summed E-state index contributed by atoms with van der Waals surface area (Å²) in [7, 11) is 0. The van der Waals surface area contributed by atoms with Crippen LogP contribution in [-0.4, -0.2) is 40.2 Å². The Morgan fingerprint density at radius 2 is 1.97 bits per heavy atom. The van der Waals surface area contributed by atoms with E-state index in [1.54, 1.807) is 6.20 Å². The first-order valence-corrected chi connectivity index (χ1v) is 11.0. The zero-order valence-electron chi connectivity index (χ0n) is 16.9. The third-order valence-corrected chi connectivity index (χ3v) is 6.05. The van der Waals surface area contributed by atoms with Crippen LogP contribution in [0, 0.1) is 0 Å². The van der Waals surface area contributed by atoms with Crippen molar-refractivity contribution in [1.82, 2.24) is 9.88 Å². The van der Waals surface area contributed by atoms with Gasteiger partial charge in [0.05, 0.1) is 13.0 Å². The van der Waals surface area contributed by atoms with Gasteiger partial charge in [-0.2, -0.15) is 0 Å². The van der Waals surface area contributed by atoms with Gasteiger partial charge in [-0.1, -0.05) is 44.2 Å². The van der Waals surface area contributed by atoms with Gasteiger partial charge in [0.1, 0.15) is 17.4 Å². The molecule has 0 unspecified atom stereocenters. The summed E-state index contributed by atoms with van der Waals surface area (Å²) in [6.45, 7) is 5.73. The summed E-state index contributed by atoms with van der Waals surface area (Å²) in [5.41, 5.74) is 1.94. The van der Waals surface area contributed by atoms with Gasteiger partial charge in [-0.3, -0.25) is 9.78 Å². The SMILES string of the molecule is CC(C)Sc1ccc(CC(=O)N2CC[C@@H](Oc3cccc4cccnc34)C2)cc1. The quantitative estimate of drug-likeness (QED) is 0.543. The molecule has 1 saturated heterocycles. The van der Waals surface area contributed by atoms with Gasteiger partial charge in [-0.05, 0) is 29.8 Å². The Bertz CT molecular complexity index is 982. The average Bonchev–Trinajstić information content (AvgIpc) is 3.18. The lowest BCUT2D eigenvalue weighted by molar-refractivity contribution is -0.129. The molecule has 0 saturated carbocycles. The normalized spacial score (nSPS) is 16.5. The fourth-order valence-corrected chi connectivity index (χ4v) is 4.48. The molecule has 150 valence electrons. The van der Waals surface area contributed by atoms with Crippen LogP contribution in [0.3, 0.4) is 0 Å². The molecule has 0 radical (unpaired) electrons. The van der Waals surface area contributed by atoms with E-state index < -0.39 is 0 Å². The van der Waals surface area contributed by atoms with Gasteiger partial charge in [0.15, 0.2) is 0 Å². The number of amides is 1. The maximum atomic E-state index is 12.7.